The van der Waals surface area contributed by atoms with E-state index in [1.807, 2.05) is 25.1 Å². The van der Waals surface area contributed by atoms with Crippen LogP contribution in [0.4, 0.5) is 0 Å². The molecule has 1 aromatic rings. The van der Waals surface area contributed by atoms with Gasteiger partial charge >= 0.3 is 5.97 Å². The van der Waals surface area contributed by atoms with Gasteiger partial charge in [0.15, 0.2) is 0 Å². The van der Waals surface area contributed by atoms with Gasteiger partial charge in [-0.25, -0.2) is 0 Å². The summed E-state index contributed by atoms with van der Waals surface area (Å²) in [4.78, 5) is 24.9. The third-order valence-electron chi connectivity index (χ3n) is 3.83. The Bertz CT molecular complexity index is 498. The van der Waals surface area contributed by atoms with Crippen molar-refractivity contribution in [1.29, 1.82) is 0 Å². The Kier molecular flexibility index (Phi) is 4.77. The first-order valence-electron chi connectivity index (χ1n) is 7.12. The predicted octanol–water partition coefficient (Wildman–Crippen LogP) is 2.25. The van der Waals surface area contributed by atoms with Crippen LogP contribution in [-0.4, -0.2) is 35.0 Å². The molecule has 0 bridgehead atoms. The lowest BCUT2D eigenvalue weighted by Crippen LogP contribution is -2.42. The molecule has 0 radical (unpaired) electrons. The predicted molar refractivity (Wildman–Crippen MR) is 76.4 cm³/mol. The van der Waals surface area contributed by atoms with Gasteiger partial charge in [0.25, 0.3) is 0 Å². The van der Waals surface area contributed by atoms with E-state index >= 15 is 0 Å². The summed E-state index contributed by atoms with van der Waals surface area (Å²) in [5, 5.41) is 9.04. The van der Waals surface area contributed by atoms with Crippen LogP contribution >= 0.6 is 0 Å². The minimum atomic E-state index is -0.791. The lowest BCUT2D eigenvalue weighted by molar-refractivity contribution is -0.145. The van der Waals surface area contributed by atoms with E-state index in [4.69, 9.17) is 5.11 Å². The molecule has 0 unspecified atom stereocenters. The number of carboxylic acids is 1. The van der Waals surface area contributed by atoms with Crippen LogP contribution in [0.5, 0.6) is 0 Å². The van der Waals surface area contributed by atoms with Gasteiger partial charge in [-0.3, -0.25) is 9.59 Å². The summed E-state index contributed by atoms with van der Waals surface area (Å²) in [5.41, 5.74) is 2.35. The largest absolute Gasteiger partial charge is 0.481 e. The lowest BCUT2D eigenvalue weighted by atomic mass is 9.97. The van der Waals surface area contributed by atoms with Crippen molar-refractivity contribution in [2.75, 3.05) is 13.1 Å². The number of likely N-dealkylation sites (tertiary alicyclic amines) is 1. The number of carbonyl (C=O) groups excluding carboxylic acids is 1. The molecule has 4 heteroatoms. The molecule has 1 heterocycles. The molecule has 1 atom stereocenters. The van der Waals surface area contributed by atoms with Crippen molar-refractivity contribution < 1.29 is 14.7 Å². The van der Waals surface area contributed by atoms with Gasteiger partial charge in [-0.05, 0) is 31.7 Å². The Morgan fingerprint density at radius 3 is 2.90 bits per heavy atom. The highest BCUT2D eigenvalue weighted by molar-refractivity contribution is 5.78. The highest BCUT2D eigenvalue weighted by Crippen LogP contribution is 2.18. The van der Waals surface area contributed by atoms with Gasteiger partial charge in [-0.2, -0.15) is 0 Å². The van der Waals surface area contributed by atoms with Crippen molar-refractivity contribution in [3.8, 4) is 0 Å². The number of aliphatic carboxylic acids is 1. The third-order valence-corrected chi connectivity index (χ3v) is 3.83. The Morgan fingerprint density at radius 2 is 2.20 bits per heavy atom. The highest BCUT2D eigenvalue weighted by atomic mass is 16.4. The van der Waals surface area contributed by atoms with Crippen LogP contribution in [0.1, 0.15) is 30.4 Å². The number of hydrogen-bond donors (Lipinski definition) is 1. The molecule has 1 aromatic carbocycles. The zero-order valence-corrected chi connectivity index (χ0v) is 11.8. The normalized spacial score (nSPS) is 18.9. The molecule has 1 amide bonds. The molecule has 20 heavy (non-hydrogen) atoms. The second-order valence-electron chi connectivity index (χ2n) is 5.51. The fourth-order valence-electron chi connectivity index (χ4n) is 2.68. The van der Waals surface area contributed by atoms with Crippen molar-refractivity contribution in [2.45, 2.75) is 32.6 Å². The molecule has 1 aliphatic heterocycles. The van der Waals surface area contributed by atoms with Crippen molar-refractivity contribution >= 4 is 11.9 Å². The van der Waals surface area contributed by atoms with Crippen LogP contribution in [0.3, 0.4) is 0 Å². The molecule has 2 rings (SSSR count). The Morgan fingerprint density at radius 1 is 1.40 bits per heavy atom. The van der Waals surface area contributed by atoms with Gasteiger partial charge in [-0.15, -0.1) is 0 Å². The van der Waals surface area contributed by atoms with Gasteiger partial charge in [0.1, 0.15) is 0 Å². The standard InChI is InChI=1S/C16H21NO3/c1-12-4-2-5-13(10-12)7-8-15(18)17-9-3-6-14(11-17)16(19)20/h2,4-5,10,14H,3,6-9,11H2,1H3,(H,19,20)/t14-/m0/s1. The number of carboxylic acid groups (broad SMARTS) is 1. The SMILES string of the molecule is Cc1cccc(CCC(=O)N2CCC[C@H](C(=O)O)C2)c1. The number of nitrogens with zero attached hydrogens (tertiary/aromatic N) is 1. The maximum Gasteiger partial charge on any atom is 0.308 e. The van der Waals surface area contributed by atoms with Crippen LogP contribution in [0, 0.1) is 12.8 Å². The fourth-order valence-corrected chi connectivity index (χ4v) is 2.68. The first-order chi connectivity index (χ1) is 9.56. The molecule has 1 aliphatic rings. The molecule has 1 saturated heterocycles. The van der Waals surface area contributed by atoms with Crippen molar-refractivity contribution in [1.82, 2.24) is 4.90 Å². The van der Waals surface area contributed by atoms with Crippen molar-refractivity contribution in [3.05, 3.63) is 35.4 Å². The van der Waals surface area contributed by atoms with Gasteiger partial charge in [0.05, 0.1) is 5.92 Å². The van der Waals surface area contributed by atoms with Crippen LogP contribution < -0.4 is 0 Å². The molecule has 0 saturated carbocycles. The van der Waals surface area contributed by atoms with Crippen LogP contribution in [0.15, 0.2) is 24.3 Å². The summed E-state index contributed by atoms with van der Waals surface area (Å²) in [6.45, 7) is 3.09. The van der Waals surface area contributed by atoms with Gasteiger partial charge in [0, 0.05) is 19.5 Å². The Hall–Kier alpha value is -1.84. The van der Waals surface area contributed by atoms with Gasteiger partial charge in [0.2, 0.25) is 5.91 Å². The molecule has 1 fully saturated rings. The summed E-state index contributed by atoms with van der Waals surface area (Å²) >= 11 is 0. The number of carbonyl (C=O) groups is 2. The summed E-state index contributed by atoms with van der Waals surface area (Å²) in [5.74, 6) is -1.12. The topological polar surface area (TPSA) is 57.6 Å². The average molecular weight is 275 g/mol. The summed E-state index contributed by atoms with van der Waals surface area (Å²) in [6, 6.07) is 8.14. The molecule has 0 aromatic heterocycles. The van der Waals surface area contributed by atoms with Gasteiger partial charge in [-0.1, -0.05) is 29.8 Å². The average Bonchev–Trinajstić information content (AvgIpc) is 2.45. The summed E-state index contributed by atoms with van der Waals surface area (Å²) in [7, 11) is 0. The van der Waals surface area contributed by atoms with E-state index in [0.29, 0.717) is 25.9 Å². The quantitative estimate of drug-likeness (QED) is 0.917. The number of aryl methyl sites for hydroxylation is 2. The van der Waals surface area contributed by atoms with E-state index in [-0.39, 0.29) is 5.91 Å². The fraction of sp³-hybridized carbons (Fsp3) is 0.500. The number of piperidine rings is 1. The number of amides is 1. The summed E-state index contributed by atoms with van der Waals surface area (Å²) in [6.07, 6.45) is 2.63. The van der Waals surface area contributed by atoms with Crippen molar-refractivity contribution in [3.63, 3.8) is 0 Å². The third kappa shape index (κ3) is 3.83. The van der Waals surface area contributed by atoms with E-state index in [2.05, 4.69) is 6.07 Å². The molecule has 4 nitrogen and oxygen atoms in total. The van der Waals surface area contributed by atoms with E-state index < -0.39 is 11.9 Å². The zero-order chi connectivity index (χ0) is 14.5. The molecule has 1 N–H and O–H groups in total. The first-order valence-corrected chi connectivity index (χ1v) is 7.12. The first kappa shape index (κ1) is 14.6. The number of rotatable bonds is 4. The maximum absolute atomic E-state index is 12.2. The molecule has 0 spiro atoms. The highest BCUT2D eigenvalue weighted by Gasteiger charge is 2.27. The van der Waals surface area contributed by atoms with Crippen LogP contribution in [0.25, 0.3) is 0 Å². The number of benzene rings is 1. The van der Waals surface area contributed by atoms with E-state index in [1.165, 1.54) is 5.56 Å². The smallest absolute Gasteiger partial charge is 0.308 e. The minimum Gasteiger partial charge on any atom is -0.481 e. The van der Waals surface area contributed by atoms with Crippen molar-refractivity contribution in [2.24, 2.45) is 5.92 Å². The van der Waals surface area contributed by atoms with Crippen LogP contribution in [0.2, 0.25) is 0 Å². The molecule has 108 valence electrons. The zero-order valence-electron chi connectivity index (χ0n) is 11.8. The lowest BCUT2D eigenvalue weighted by Gasteiger charge is -2.30. The van der Waals surface area contributed by atoms with Crippen LogP contribution in [-0.2, 0) is 16.0 Å². The maximum atomic E-state index is 12.2. The van der Waals surface area contributed by atoms with E-state index in [9.17, 15) is 9.59 Å². The Labute approximate surface area is 119 Å². The molecular weight excluding hydrogens is 254 g/mol. The second-order valence-corrected chi connectivity index (χ2v) is 5.51. The second kappa shape index (κ2) is 6.55. The molecule has 0 aliphatic carbocycles. The molecular formula is C16H21NO3. The monoisotopic (exact) mass is 275 g/mol. The van der Waals surface area contributed by atoms with E-state index in [0.717, 1.165) is 18.4 Å². The van der Waals surface area contributed by atoms with E-state index in [1.54, 1.807) is 4.90 Å². The summed E-state index contributed by atoms with van der Waals surface area (Å²) < 4.78 is 0. The Balaban J connectivity index is 1.87. The number of hydrogen-bond acceptors (Lipinski definition) is 2. The minimum absolute atomic E-state index is 0.0671. The van der Waals surface area contributed by atoms with Gasteiger partial charge < -0.3 is 10.0 Å².